The van der Waals surface area contributed by atoms with Crippen LogP contribution in [0.5, 0.6) is 0 Å². The first-order chi connectivity index (χ1) is 6.52. The number of nitrogens with one attached hydrogen (secondary N) is 1. The second kappa shape index (κ2) is 3.04. The van der Waals surface area contributed by atoms with Crippen molar-refractivity contribution in [1.82, 2.24) is 10.2 Å². The lowest BCUT2D eigenvalue weighted by Gasteiger charge is -2.42. The molecule has 78 valence electrons. The standard InChI is InChI=1S/C12H20N2/c1-9-5-7-13-11-10(9)12(2,3)6-8-14(11)4/h5,13H,6-8H2,1-4H3. The molecule has 0 aliphatic carbocycles. The summed E-state index contributed by atoms with van der Waals surface area (Å²) >= 11 is 0. The highest BCUT2D eigenvalue weighted by Gasteiger charge is 2.34. The van der Waals surface area contributed by atoms with Crippen molar-refractivity contribution in [1.29, 1.82) is 0 Å². The highest BCUT2D eigenvalue weighted by molar-refractivity contribution is 5.41. The second-order valence-corrected chi connectivity index (χ2v) is 5.05. The fourth-order valence-electron chi connectivity index (χ4n) is 2.54. The van der Waals surface area contributed by atoms with Crippen LogP contribution < -0.4 is 5.32 Å². The van der Waals surface area contributed by atoms with Crippen LogP contribution in [0.1, 0.15) is 27.2 Å². The van der Waals surface area contributed by atoms with Gasteiger partial charge in [-0.25, -0.2) is 0 Å². The summed E-state index contributed by atoms with van der Waals surface area (Å²) in [6, 6.07) is 0. The van der Waals surface area contributed by atoms with Gasteiger partial charge in [0.1, 0.15) is 5.82 Å². The summed E-state index contributed by atoms with van der Waals surface area (Å²) < 4.78 is 0. The average molecular weight is 192 g/mol. The lowest BCUT2D eigenvalue weighted by atomic mass is 9.74. The summed E-state index contributed by atoms with van der Waals surface area (Å²) in [6.45, 7) is 9.06. The molecule has 1 N–H and O–H groups in total. The molecule has 0 spiro atoms. The van der Waals surface area contributed by atoms with Crippen molar-refractivity contribution in [3.63, 3.8) is 0 Å². The van der Waals surface area contributed by atoms with E-state index in [1.54, 1.807) is 0 Å². The first kappa shape index (κ1) is 9.63. The number of hydrogen-bond acceptors (Lipinski definition) is 2. The highest BCUT2D eigenvalue weighted by atomic mass is 15.2. The predicted octanol–water partition coefficient (Wildman–Crippen LogP) is 2.11. The Morgan fingerprint density at radius 1 is 1.43 bits per heavy atom. The first-order valence-corrected chi connectivity index (χ1v) is 5.39. The van der Waals surface area contributed by atoms with Gasteiger partial charge in [-0.3, -0.25) is 0 Å². The molecule has 0 amide bonds. The van der Waals surface area contributed by atoms with Gasteiger partial charge in [0.2, 0.25) is 0 Å². The van der Waals surface area contributed by atoms with Gasteiger partial charge in [-0.1, -0.05) is 19.9 Å². The van der Waals surface area contributed by atoms with Crippen LogP contribution in [0, 0.1) is 5.41 Å². The summed E-state index contributed by atoms with van der Waals surface area (Å²) in [7, 11) is 2.18. The molecule has 0 fully saturated rings. The highest BCUT2D eigenvalue weighted by Crippen LogP contribution is 2.41. The average Bonchev–Trinajstić information content (AvgIpc) is 2.12. The van der Waals surface area contributed by atoms with Crippen molar-refractivity contribution >= 4 is 0 Å². The number of rotatable bonds is 0. The van der Waals surface area contributed by atoms with Gasteiger partial charge in [-0.05, 0) is 24.3 Å². The number of dihydropyridines is 1. The van der Waals surface area contributed by atoms with Gasteiger partial charge >= 0.3 is 0 Å². The second-order valence-electron chi connectivity index (χ2n) is 5.05. The Balaban J connectivity index is 2.49. The van der Waals surface area contributed by atoms with Crippen molar-refractivity contribution in [2.45, 2.75) is 27.2 Å². The Bertz CT molecular complexity index is 310. The van der Waals surface area contributed by atoms with E-state index in [9.17, 15) is 0 Å². The van der Waals surface area contributed by atoms with E-state index < -0.39 is 0 Å². The third-order valence-corrected chi connectivity index (χ3v) is 3.44. The lowest BCUT2D eigenvalue weighted by Crippen LogP contribution is -2.42. The van der Waals surface area contributed by atoms with Crippen LogP contribution >= 0.6 is 0 Å². The maximum Gasteiger partial charge on any atom is 0.105 e. The molecule has 0 aromatic heterocycles. The maximum absolute atomic E-state index is 3.49. The van der Waals surface area contributed by atoms with Gasteiger partial charge in [0.15, 0.2) is 0 Å². The van der Waals surface area contributed by atoms with Gasteiger partial charge in [0.25, 0.3) is 0 Å². The zero-order valence-corrected chi connectivity index (χ0v) is 9.65. The Labute approximate surface area is 86.7 Å². The normalized spacial score (nSPS) is 25.4. The van der Waals surface area contributed by atoms with E-state index in [1.165, 1.54) is 23.4 Å². The molecule has 2 rings (SSSR count). The van der Waals surface area contributed by atoms with Gasteiger partial charge in [-0.15, -0.1) is 0 Å². The van der Waals surface area contributed by atoms with Crippen LogP contribution in [0.2, 0.25) is 0 Å². The molecule has 0 radical (unpaired) electrons. The van der Waals surface area contributed by atoms with Gasteiger partial charge in [-0.2, -0.15) is 0 Å². The van der Waals surface area contributed by atoms with E-state index in [1.807, 2.05) is 0 Å². The van der Waals surface area contributed by atoms with Crippen LogP contribution in [0.15, 0.2) is 23.0 Å². The lowest BCUT2D eigenvalue weighted by molar-refractivity contribution is 0.255. The molecule has 2 heteroatoms. The fourth-order valence-corrected chi connectivity index (χ4v) is 2.54. The van der Waals surface area contributed by atoms with Crippen molar-refractivity contribution in [3.8, 4) is 0 Å². The van der Waals surface area contributed by atoms with Gasteiger partial charge < -0.3 is 10.2 Å². The Kier molecular flexibility index (Phi) is 2.09. The topological polar surface area (TPSA) is 15.3 Å². The molecule has 2 heterocycles. The summed E-state index contributed by atoms with van der Waals surface area (Å²) in [5, 5.41) is 3.49. The number of nitrogens with zero attached hydrogens (tertiary/aromatic N) is 1. The summed E-state index contributed by atoms with van der Waals surface area (Å²) in [4.78, 5) is 2.34. The van der Waals surface area contributed by atoms with Crippen molar-refractivity contribution in [2.24, 2.45) is 5.41 Å². The molecular weight excluding hydrogens is 172 g/mol. The Morgan fingerprint density at radius 3 is 2.79 bits per heavy atom. The number of hydrogen-bond donors (Lipinski definition) is 1. The third-order valence-electron chi connectivity index (χ3n) is 3.44. The van der Waals surface area contributed by atoms with E-state index in [0.29, 0.717) is 5.41 Å². The zero-order chi connectivity index (χ0) is 10.3. The van der Waals surface area contributed by atoms with E-state index in [0.717, 1.165) is 13.1 Å². The minimum atomic E-state index is 0.329. The zero-order valence-electron chi connectivity index (χ0n) is 9.65. The van der Waals surface area contributed by atoms with Crippen LogP contribution in [0.3, 0.4) is 0 Å². The smallest absolute Gasteiger partial charge is 0.105 e. The maximum atomic E-state index is 3.49. The molecule has 0 aromatic rings. The molecular formula is C12H20N2. The van der Waals surface area contributed by atoms with Crippen molar-refractivity contribution in [2.75, 3.05) is 20.1 Å². The Hall–Kier alpha value is -0.920. The van der Waals surface area contributed by atoms with E-state index >= 15 is 0 Å². The first-order valence-electron chi connectivity index (χ1n) is 5.39. The minimum absolute atomic E-state index is 0.329. The molecule has 14 heavy (non-hydrogen) atoms. The SMILES string of the molecule is CC1=CCNC2=C1C(C)(C)CCN2C. The Morgan fingerprint density at radius 2 is 2.14 bits per heavy atom. The molecule has 2 nitrogen and oxygen atoms in total. The van der Waals surface area contributed by atoms with Crippen LogP contribution in [0.25, 0.3) is 0 Å². The molecule has 0 saturated heterocycles. The minimum Gasteiger partial charge on any atom is -0.368 e. The number of allylic oxidation sites excluding steroid dienone is 2. The predicted molar refractivity (Wildman–Crippen MR) is 59.8 cm³/mol. The molecule has 2 aliphatic rings. The molecule has 0 bridgehead atoms. The van der Waals surface area contributed by atoms with Crippen LogP contribution in [-0.2, 0) is 0 Å². The fraction of sp³-hybridized carbons (Fsp3) is 0.667. The summed E-state index contributed by atoms with van der Waals surface area (Å²) in [5.41, 5.74) is 3.29. The molecule has 0 atom stereocenters. The van der Waals surface area contributed by atoms with Crippen LogP contribution in [0.4, 0.5) is 0 Å². The quantitative estimate of drug-likeness (QED) is 0.632. The van der Waals surface area contributed by atoms with E-state index in [-0.39, 0.29) is 0 Å². The summed E-state index contributed by atoms with van der Waals surface area (Å²) in [5.74, 6) is 1.35. The molecule has 0 saturated carbocycles. The van der Waals surface area contributed by atoms with Gasteiger partial charge in [0.05, 0.1) is 0 Å². The van der Waals surface area contributed by atoms with E-state index in [2.05, 4.69) is 44.1 Å². The molecule has 0 unspecified atom stereocenters. The van der Waals surface area contributed by atoms with Crippen molar-refractivity contribution < 1.29 is 0 Å². The van der Waals surface area contributed by atoms with Crippen LogP contribution in [-0.4, -0.2) is 25.0 Å². The third kappa shape index (κ3) is 1.33. The monoisotopic (exact) mass is 192 g/mol. The van der Waals surface area contributed by atoms with Crippen molar-refractivity contribution in [3.05, 3.63) is 23.0 Å². The van der Waals surface area contributed by atoms with E-state index in [4.69, 9.17) is 0 Å². The largest absolute Gasteiger partial charge is 0.368 e. The summed E-state index contributed by atoms with van der Waals surface area (Å²) in [6.07, 6.45) is 3.54. The van der Waals surface area contributed by atoms with Gasteiger partial charge in [0, 0.05) is 25.7 Å². The molecule has 2 aliphatic heterocycles. The molecule has 0 aromatic carbocycles.